The van der Waals surface area contributed by atoms with Crippen LogP contribution in [0.4, 0.5) is 27.8 Å². The lowest BCUT2D eigenvalue weighted by Gasteiger charge is -2.45. The van der Waals surface area contributed by atoms with Crippen LogP contribution in [0, 0.1) is 11.6 Å². The number of alkyl halides is 3. The number of hydrogen-bond acceptors (Lipinski definition) is 8. The first kappa shape index (κ1) is 33.5. The van der Waals surface area contributed by atoms with Gasteiger partial charge in [-0.25, -0.2) is 13.6 Å². The van der Waals surface area contributed by atoms with E-state index in [0.717, 1.165) is 16.7 Å². The maximum atomic E-state index is 15.3. The highest BCUT2D eigenvalue weighted by Crippen LogP contribution is 2.48. The van der Waals surface area contributed by atoms with Crippen LogP contribution in [-0.4, -0.2) is 84.0 Å². The highest BCUT2D eigenvalue weighted by molar-refractivity contribution is 7.99. The van der Waals surface area contributed by atoms with Crippen LogP contribution < -0.4 is 10.6 Å². The fourth-order valence-electron chi connectivity index (χ4n) is 7.07. The molecule has 1 saturated heterocycles. The molecular formula is C32H30ClF5N8O2S. The third kappa shape index (κ3) is 5.76. The van der Waals surface area contributed by atoms with E-state index in [4.69, 9.17) is 11.6 Å². The van der Waals surface area contributed by atoms with Gasteiger partial charge >= 0.3 is 11.9 Å². The van der Waals surface area contributed by atoms with E-state index in [1.54, 1.807) is 15.5 Å². The van der Waals surface area contributed by atoms with Crippen LogP contribution in [0.2, 0.25) is 5.02 Å². The number of amides is 1. The number of nitrogens with zero attached hydrogens (tertiary/aromatic N) is 8. The number of piperazine rings is 1. The molecule has 0 saturated carbocycles. The molecular weight excluding hydrogens is 691 g/mol. The molecule has 2 aromatic heterocycles. The van der Waals surface area contributed by atoms with E-state index in [2.05, 4.69) is 21.8 Å². The average Bonchev–Trinajstić information content (AvgIpc) is 3.48. The van der Waals surface area contributed by atoms with E-state index in [1.165, 1.54) is 23.9 Å². The number of rotatable bonds is 5. The van der Waals surface area contributed by atoms with Crippen molar-refractivity contribution in [3.05, 3.63) is 75.7 Å². The lowest BCUT2D eigenvalue weighted by atomic mass is 10.0. The Morgan fingerprint density at radius 3 is 2.61 bits per heavy atom. The van der Waals surface area contributed by atoms with Crippen LogP contribution >= 0.6 is 23.4 Å². The Labute approximate surface area is 286 Å². The van der Waals surface area contributed by atoms with Crippen LogP contribution in [0.25, 0.3) is 22.0 Å². The van der Waals surface area contributed by atoms with E-state index < -0.39 is 35.4 Å². The zero-order valence-corrected chi connectivity index (χ0v) is 27.9. The van der Waals surface area contributed by atoms with Gasteiger partial charge in [0.25, 0.3) is 0 Å². The summed E-state index contributed by atoms with van der Waals surface area (Å²) in [5, 5.41) is 7.87. The third-order valence-electron chi connectivity index (χ3n) is 9.35. The summed E-state index contributed by atoms with van der Waals surface area (Å²) in [6, 6.07) is 3.90. The monoisotopic (exact) mass is 720 g/mol. The number of carbonyl (C=O) groups is 1. The van der Waals surface area contributed by atoms with E-state index in [1.807, 2.05) is 23.6 Å². The molecule has 0 N–H and O–H groups in total. The van der Waals surface area contributed by atoms with Crippen molar-refractivity contribution in [3.8, 4) is 11.1 Å². The summed E-state index contributed by atoms with van der Waals surface area (Å²) in [4.78, 5) is 37.4. The molecule has 0 aliphatic carbocycles. The number of hydrogen-bond donors (Lipinski definition) is 0. The average molecular weight is 721 g/mol. The Hall–Kier alpha value is -4.02. The number of carbonyl (C=O) groups excluding carboxylic acids is 1. The van der Waals surface area contributed by atoms with Gasteiger partial charge in [-0.15, -0.1) is 22.0 Å². The second-order valence-electron chi connectivity index (χ2n) is 12.5. The molecule has 0 spiro atoms. The molecule has 0 bridgehead atoms. The minimum Gasteiger partial charge on any atom is -0.349 e. The number of fused-ring (bicyclic) bond motifs is 1. The largest absolute Gasteiger partial charge is 0.451 e. The first-order valence-corrected chi connectivity index (χ1v) is 16.9. The molecule has 4 aromatic rings. The summed E-state index contributed by atoms with van der Waals surface area (Å²) in [5.74, 6) is -1.94. The number of aromatic nitrogens is 5. The summed E-state index contributed by atoms with van der Waals surface area (Å²) in [6.45, 7) is 8.79. The van der Waals surface area contributed by atoms with Gasteiger partial charge in [-0.1, -0.05) is 18.2 Å². The Morgan fingerprint density at radius 2 is 1.90 bits per heavy atom. The molecule has 258 valence electrons. The van der Waals surface area contributed by atoms with Gasteiger partial charge in [-0.2, -0.15) is 18.2 Å². The lowest BCUT2D eigenvalue weighted by Crippen LogP contribution is -2.58. The van der Waals surface area contributed by atoms with E-state index >= 15 is 4.39 Å². The molecule has 7 rings (SSSR count). The molecule has 3 aliphatic heterocycles. The van der Waals surface area contributed by atoms with Crippen molar-refractivity contribution >= 4 is 46.0 Å². The number of anilines is 1. The van der Waals surface area contributed by atoms with Crippen molar-refractivity contribution in [2.24, 2.45) is 0 Å². The summed E-state index contributed by atoms with van der Waals surface area (Å²) >= 11 is 8.28. The maximum absolute atomic E-state index is 15.3. The molecule has 49 heavy (non-hydrogen) atoms. The number of thioether (sulfide) groups is 1. The SMILES string of the molecule is C=CC(=O)N1C[C@H](C)N(c2nc(=O)n3c4c(c(-c5ccc(F)cc5F)c(Cl)cc24)SC[C@@H]3CN2CCn3c(nnc3C(F)(F)F)C2)C[C@H]1C. The smallest absolute Gasteiger partial charge is 0.349 e. The second kappa shape index (κ2) is 12.4. The summed E-state index contributed by atoms with van der Waals surface area (Å²) in [7, 11) is 0. The van der Waals surface area contributed by atoms with Gasteiger partial charge < -0.3 is 14.4 Å². The van der Waals surface area contributed by atoms with Gasteiger partial charge in [0.2, 0.25) is 11.7 Å². The second-order valence-corrected chi connectivity index (χ2v) is 13.9. The first-order chi connectivity index (χ1) is 23.3. The fourth-order valence-corrected chi connectivity index (χ4v) is 8.76. The summed E-state index contributed by atoms with van der Waals surface area (Å²) in [5.41, 5.74) is 0.296. The van der Waals surface area contributed by atoms with Crippen LogP contribution in [0.1, 0.15) is 31.5 Å². The highest BCUT2D eigenvalue weighted by atomic mass is 35.5. The van der Waals surface area contributed by atoms with Crippen molar-refractivity contribution < 1.29 is 26.7 Å². The fraction of sp³-hybridized carbons (Fsp3) is 0.406. The van der Waals surface area contributed by atoms with Crippen molar-refractivity contribution in [2.45, 2.75) is 56.1 Å². The van der Waals surface area contributed by atoms with Crippen molar-refractivity contribution in [1.82, 2.24) is 34.1 Å². The standard InChI is InChI=1S/C32H30ClF5N8O2S/c1-4-25(47)44-11-17(3)45(12-16(44)2)29-21-10-22(33)26(20-6-5-18(34)9-23(20)35)28-27(21)46(31(48)39-29)19(15-49-28)13-42-7-8-43-24(14-42)40-41-30(43)32(36,37)38/h4-6,9-10,16-17,19H,1,7-8,11-15H2,2-3H3/t16-,17+,19+/m1/s1. The number of benzene rings is 2. The maximum Gasteiger partial charge on any atom is 0.451 e. The molecule has 17 heteroatoms. The molecule has 3 aliphatic rings. The normalized spacial score (nSPS) is 21.3. The van der Waals surface area contributed by atoms with E-state index in [0.29, 0.717) is 46.0 Å². The van der Waals surface area contributed by atoms with Gasteiger partial charge in [-0.05, 0) is 38.1 Å². The van der Waals surface area contributed by atoms with Crippen molar-refractivity contribution in [3.63, 3.8) is 0 Å². The van der Waals surface area contributed by atoms with Crippen LogP contribution in [0.3, 0.4) is 0 Å². The topological polar surface area (TPSA) is 92.4 Å². The molecule has 2 aromatic carbocycles. The van der Waals surface area contributed by atoms with Gasteiger partial charge in [0, 0.05) is 78.0 Å². The quantitative estimate of drug-likeness (QED) is 0.201. The lowest BCUT2D eigenvalue weighted by molar-refractivity contribution is -0.148. The minimum atomic E-state index is -4.63. The van der Waals surface area contributed by atoms with Crippen LogP contribution in [0.5, 0.6) is 0 Å². The van der Waals surface area contributed by atoms with Gasteiger partial charge in [0.15, 0.2) is 0 Å². The third-order valence-corrected chi connectivity index (χ3v) is 10.9. The Kier molecular flexibility index (Phi) is 8.46. The number of halogens is 6. The molecule has 10 nitrogen and oxygen atoms in total. The van der Waals surface area contributed by atoms with Crippen LogP contribution in [-0.2, 0) is 24.1 Å². The van der Waals surface area contributed by atoms with E-state index in [-0.39, 0.29) is 60.6 Å². The predicted molar refractivity (Wildman–Crippen MR) is 175 cm³/mol. The molecule has 0 radical (unpaired) electrons. The molecule has 1 fully saturated rings. The zero-order chi connectivity index (χ0) is 34.9. The first-order valence-electron chi connectivity index (χ1n) is 15.5. The molecule has 5 heterocycles. The Balaban J connectivity index is 1.34. The summed E-state index contributed by atoms with van der Waals surface area (Å²) < 4.78 is 72.2. The minimum absolute atomic E-state index is 0.0229. The highest BCUT2D eigenvalue weighted by Gasteiger charge is 2.40. The van der Waals surface area contributed by atoms with Crippen molar-refractivity contribution in [2.75, 3.05) is 36.8 Å². The van der Waals surface area contributed by atoms with Crippen molar-refractivity contribution in [1.29, 1.82) is 0 Å². The Bertz CT molecular complexity index is 2070. The molecule has 0 unspecified atom stereocenters. The van der Waals surface area contributed by atoms with Crippen LogP contribution in [0.15, 0.2) is 46.6 Å². The van der Waals surface area contributed by atoms with Gasteiger partial charge in [0.1, 0.15) is 23.3 Å². The zero-order valence-electron chi connectivity index (χ0n) is 26.3. The Morgan fingerprint density at radius 1 is 1.12 bits per heavy atom. The molecule has 3 atom stereocenters. The predicted octanol–water partition coefficient (Wildman–Crippen LogP) is 5.38. The van der Waals surface area contributed by atoms with Gasteiger partial charge in [-0.3, -0.25) is 14.3 Å². The summed E-state index contributed by atoms with van der Waals surface area (Å²) in [6.07, 6.45) is -3.36. The van der Waals surface area contributed by atoms with E-state index in [9.17, 15) is 27.2 Å². The van der Waals surface area contributed by atoms with Gasteiger partial charge in [0.05, 0.1) is 23.1 Å². The molecule has 1 amide bonds.